The van der Waals surface area contributed by atoms with Crippen molar-refractivity contribution in [3.8, 4) is 5.75 Å². The number of amides is 2. The molecule has 230 valence electrons. The van der Waals surface area contributed by atoms with E-state index in [0.717, 1.165) is 56.9 Å². The summed E-state index contributed by atoms with van der Waals surface area (Å²) in [6, 6.07) is 5.89. The number of aliphatic imine (C=N–C) groups is 1. The van der Waals surface area contributed by atoms with Crippen molar-refractivity contribution in [3.63, 3.8) is 0 Å². The number of hydrogen-bond donors (Lipinski definition) is 2. The summed E-state index contributed by atoms with van der Waals surface area (Å²) in [5, 5.41) is 6.49. The normalized spacial score (nSPS) is 22.8. The average molecular weight is 579 g/mol. The minimum atomic E-state index is -0.556. The van der Waals surface area contributed by atoms with Crippen LogP contribution in [0.4, 0.5) is 5.69 Å². The number of allylic oxidation sites excluding steroid dienone is 1. The summed E-state index contributed by atoms with van der Waals surface area (Å²) >= 11 is 0. The molecule has 9 nitrogen and oxygen atoms in total. The van der Waals surface area contributed by atoms with Gasteiger partial charge in [0.05, 0.1) is 23.9 Å². The molecule has 2 saturated heterocycles. The van der Waals surface area contributed by atoms with Crippen molar-refractivity contribution in [1.82, 2.24) is 20.0 Å². The maximum absolute atomic E-state index is 13.4. The lowest BCUT2D eigenvalue weighted by atomic mass is 9.88. The average Bonchev–Trinajstić information content (AvgIpc) is 3.06. The van der Waals surface area contributed by atoms with E-state index in [-0.39, 0.29) is 17.9 Å². The minimum Gasteiger partial charge on any atom is -0.495 e. The molecule has 0 spiro atoms. The van der Waals surface area contributed by atoms with Crippen LogP contribution in [-0.4, -0.2) is 84.8 Å². The smallest absolute Gasteiger partial charge is 0.251 e. The fraction of sp³-hybridized carbons (Fsp3) is 0.606. The van der Waals surface area contributed by atoms with Crippen LogP contribution >= 0.6 is 0 Å². The van der Waals surface area contributed by atoms with Crippen molar-refractivity contribution >= 4 is 23.3 Å². The molecular formula is C33H50N6O3. The molecule has 2 heterocycles. The third-order valence-corrected chi connectivity index (χ3v) is 8.95. The summed E-state index contributed by atoms with van der Waals surface area (Å²) in [5.41, 5.74) is 1.45. The zero-order valence-electron chi connectivity index (χ0n) is 26.5. The molecule has 2 amide bonds. The predicted octanol–water partition coefficient (Wildman–Crippen LogP) is 5.23. The fourth-order valence-corrected chi connectivity index (χ4v) is 6.48. The van der Waals surface area contributed by atoms with Gasteiger partial charge < -0.3 is 30.1 Å². The van der Waals surface area contributed by atoms with E-state index in [0.29, 0.717) is 35.4 Å². The van der Waals surface area contributed by atoms with Gasteiger partial charge >= 0.3 is 0 Å². The van der Waals surface area contributed by atoms with Crippen molar-refractivity contribution in [3.05, 3.63) is 47.9 Å². The standard InChI is InChI=1S/C33H50N6O3/c1-8-28-30(39(26-13-11-10-12-14-26)22-33(4,5)32(41)37(28)6)35-23(3)34-27-16-15-24(21-29(27)42-7)31(40)36-25-17-19-38(9-2)20-18-25/h8,15-16,21,25-26,34H,3,9-14,17-20,22H2,1-2,4-7H3,(H,36,40)/b28-8+,35-30+. The first-order chi connectivity index (χ1) is 20.1. The molecule has 3 fully saturated rings. The van der Waals surface area contributed by atoms with E-state index < -0.39 is 5.41 Å². The largest absolute Gasteiger partial charge is 0.495 e. The van der Waals surface area contributed by atoms with Gasteiger partial charge in [0.25, 0.3) is 5.91 Å². The molecule has 42 heavy (non-hydrogen) atoms. The second kappa shape index (κ2) is 13.8. The number of ether oxygens (including phenoxy) is 1. The van der Waals surface area contributed by atoms with E-state index in [9.17, 15) is 9.59 Å². The van der Waals surface area contributed by atoms with Crippen molar-refractivity contribution in [1.29, 1.82) is 0 Å². The summed E-state index contributed by atoms with van der Waals surface area (Å²) in [6.07, 6.45) is 9.65. The number of nitrogens with zero attached hydrogens (tertiary/aromatic N) is 4. The number of piperidine rings is 1. The first-order valence-electron chi connectivity index (χ1n) is 15.5. The number of anilines is 1. The van der Waals surface area contributed by atoms with Gasteiger partial charge in [-0.25, -0.2) is 4.99 Å². The van der Waals surface area contributed by atoms with Crippen LogP contribution < -0.4 is 15.4 Å². The SMILES string of the molecule is C=C(/N=C1\C(=C/C)N(C)C(=O)C(C)(C)CN1C1CCCCC1)Nc1ccc(C(=O)NC2CCN(CC)CC2)cc1OC. The number of carbonyl (C=O) groups is 2. The van der Waals surface area contributed by atoms with Gasteiger partial charge in [0.1, 0.15) is 11.6 Å². The van der Waals surface area contributed by atoms with Gasteiger partial charge in [-0.2, -0.15) is 0 Å². The Labute approximate surface area is 252 Å². The van der Waals surface area contributed by atoms with Crippen molar-refractivity contribution in [2.75, 3.05) is 45.7 Å². The Bertz CT molecular complexity index is 1210. The molecule has 0 bridgehead atoms. The zero-order valence-corrected chi connectivity index (χ0v) is 26.5. The number of amidine groups is 1. The van der Waals surface area contributed by atoms with Gasteiger partial charge in [-0.3, -0.25) is 9.59 Å². The van der Waals surface area contributed by atoms with Crippen LogP contribution in [0, 0.1) is 5.41 Å². The molecule has 1 saturated carbocycles. The highest BCUT2D eigenvalue weighted by atomic mass is 16.5. The van der Waals surface area contributed by atoms with E-state index in [2.05, 4.69) is 33.9 Å². The molecular weight excluding hydrogens is 528 g/mol. The Kier molecular flexibility index (Phi) is 10.4. The molecule has 0 radical (unpaired) electrons. The molecule has 0 aromatic heterocycles. The Morgan fingerprint density at radius 3 is 2.48 bits per heavy atom. The Balaban J connectivity index is 1.55. The molecule has 1 aliphatic carbocycles. The zero-order chi connectivity index (χ0) is 30.4. The summed E-state index contributed by atoms with van der Waals surface area (Å²) < 4.78 is 5.67. The van der Waals surface area contributed by atoms with E-state index in [4.69, 9.17) is 9.73 Å². The maximum atomic E-state index is 13.4. The van der Waals surface area contributed by atoms with E-state index >= 15 is 0 Å². The van der Waals surface area contributed by atoms with Crippen LogP contribution in [0.25, 0.3) is 0 Å². The van der Waals surface area contributed by atoms with Crippen LogP contribution in [0.15, 0.2) is 47.4 Å². The van der Waals surface area contributed by atoms with E-state index in [1.165, 1.54) is 19.3 Å². The number of likely N-dealkylation sites (tertiary alicyclic amines) is 1. The molecule has 2 N–H and O–H groups in total. The molecule has 4 rings (SSSR count). The molecule has 1 aromatic carbocycles. The van der Waals surface area contributed by atoms with Gasteiger partial charge in [-0.15, -0.1) is 0 Å². The number of likely N-dealkylation sites (N-methyl/N-ethyl adjacent to an activating group) is 1. The molecule has 2 aliphatic heterocycles. The number of carbonyl (C=O) groups excluding carboxylic acids is 2. The van der Waals surface area contributed by atoms with Crippen molar-refractivity contribution < 1.29 is 14.3 Å². The van der Waals surface area contributed by atoms with Crippen LogP contribution in [-0.2, 0) is 4.79 Å². The molecule has 1 aromatic rings. The van der Waals surface area contributed by atoms with Gasteiger partial charge in [0.2, 0.25) is 5.91 Å². The third-order valence-electron chi connectivity index (χ3n) is 8.95. The topological polar surface area (TPSA) is 89.5 Å². The van der Waals surface area contributed by atoms with E-state index in [1.807, 2.05) is 40.0 Å². The van der Waals surface area contributed by atoms with Crippen LogP contribution in [0.2, 0.25) is 0 Å². The summed E-state index contributed by atoms with van der Waals surface area (Å²) in [7, 11) is 3.42. The molecule has 9 heteroatoms. The van der Waals surface area contributed by atoms with Crippen LogP contribution in [0.5, 0.6) is 5.75 Å². The lowest BCUT2D eigenvalue weighted by molar-refractivity contribution is -0.136. The maximum Gasteiger partial charge on any atom is 0.251 e. The summed E-state index contributed by atoms with van der Waals surface area (Å²) in [6.45, 7) is 16.0. The number of hydrogen-bond acceptors (Lipinski definition) is 6. The first kappa shape index (κ1) is 31.6. The van der Waals surface area contributed by atoms with Gasteiger partial charge in [0.15, 0.2) is 5.84 Å². The minimum absolute atomic E-state index is 0.0756. The summed E-state index contributed by atoms with van der Waals surface area (Å²) in [5.74, 6) is 1.71. The van der Waals surface area contributed by atoms with Gasteiger partial charge in [-0.05, 0) is 71.2 Å². The second-order valence-electron chi connectivity index (χ2n) is 12.4. The monoisotopic (exact) mass is 578 g/mol. The van der Waals surface area contributed by atoms with Gasteiger partial charge in [0, 0.05) is 44.3 Å². The quantitative estimate of drug-likeness (QED) is 0.439. The second-order valence-corrected chi connectivity index (χ2v) is 12.4. The number of methoxy groups -OCH3 is 1. The number of nitrogens with one attached hydrogen (secondary N) is 2. The lowest BCUT2D eigenvalue weighted by Crippen LogP contribution is -2.46. The fourth-order valence-electron chi connectivity index (χ4n) is 6.48. The van der Waals surface area contributed by atoms with E-state index in [1.54, 1.807) is 24.1 Å². The lowest BCUT2D eigenvalue weighted by Gasteiger charge is -2.38. The highest BCUT2D eigenvalue weighted by Gasteiger charge is 2.42. The molecule has 0 unspecified atom stereocenters. The highest BCUT2D eigenvalue weighted by molar-refractivity contribution is 6.04. The third kappa shape index (κ3) is 7.17. The Morgan fingerprint density at radius 2 is 1.86 bits per heavy atom. The van der Waals surface area contributed by atoms with Crippen molar-refractivity contribution in [2.45, 2.75) is 84.7 Å². The number of rotatable bonds is 8. The predicted molar refractivity (Wildman–Crippen MR) is 170 cm³/mol. The number of benzene rings is 1. The van der Waals surface area contributed by atoms with Gasteiger partial charge in [-0.1, -0.05) is 38.8 Å². The first-order valence-corrected chi connectivity index (χ1v) is 15.5. The molecule has 3 aliphatic rings. The Hall–Kier alpha value is -3.33. The summed E-state index contributed by atoms with van der Waals surface area (Å²) in [4.78, 5) is 37.9. The Morgan fingerprint density at radius 1 is 1.17 bits per heavy atom. The van der Waals surface area contributed by atoms with Crippen LogP contribution in [0.1, 0.15) is 83.0 Å². The van der Waals surface area contributed by atoms with Crippen molar-refractivity contribution in [2.24, 2.45) is 10.4 Å². The molecule has 0 atom stereocenters. The highest BCUT2D eigenvalue weighted by Crippen LogP contribution is 2.34. The van der Waals surface area contributed by atoms with Crippen LogP contribution in [0.3, 0.4) is 0 Å².